The summed E-state index contributed by atoms with van der Waals surface area (Å²) in [7, 11) is 1.70. The smallest absolute Gasteiger partial charge is 0.195 e. The molecule has 0 amide bonds. The molecule has 158 valence electrons. The van der Waals surface area contributed by atoms with Crippen molar-refractivity contribution in [1.82, 2.24) is 5.32 Å². The number of methoxy groups -OCH3 is 1. The highest BCUT2D eigenvalue weighted by Gasteiger charge is 2.13. The Morgan fingerprint density at radius 1 is 1.18 bits per heavy atom. The highest BCUT2D eigenvalue weighted by molar-refractivity contribution is 5.93. The van der Waals surface area contributed by atoms with Gasteiger partial charge in [-0.15, -0.1) is 0 Å². The molecule has 1 aromatic carbocycles. The number of hydrogen-bond donors (Lipinski definition) is 2. The molecule has 0 atom stereocenters. The van der Waals surface area contributed by atoms with Crippen LogP contribution in [0.25, 0.3) is 0 Å². The molecule has 0 unspecified atom stereocenters. The summed E-state index contributed by atoms with van der Waals surface area (Å²) >= 11 is 0. The monoisotopic (exact) mass is 393 g/mol. The minimum atomic E-state index is 0.343. The Bertz CT molecular complexity index is 562. The molecule has 1 aromatic rings. The molecule has 0 aliphatic carbocycles. The number of benzene rings is 1. The van der Waals surface area contributed by atoms with Crippen LogP contribution in [0.1, 0.15) is 32.6 Å². The summed E-state index contributed by atoms with van der Waals surface area (Å²) in [5, 5.41) is 6.61. The molecule has 0 radical (unpaired) electrons. The number of anilines is 1. The number of nitrogens with zero attached hydrogens (tertiary/aromatic N) is 1. The zero-order valence-electron chi connectivity index (χ0n) is 17.2. The second-order valence-electron chi connectivity index (χ2n) is 6.64. The van der Waals surface area contributed by atoms with Crippen LogP contribution in [-0.4, -0.2) is 65.3 Å². The van der Waals surface area contributed by atoms with Gasteiger partial charge in [-0.05, 0) is 38.3 Å². The van der Waals surface area contributed by atoms with Gasteiger partial charge in [0, 0.05) is 64.8 Å². The first-order valence-corrected chi connectivity index (χ1v) is 10.3. The van der Waals surface area contributed by atoms with Crippen molar-refractivity contribution in [2.45, 2.75) is 38.7 Å². The van der Waals surface area contributed by atoms with E-state index in [9.17, 15) is 0 Å². The summed E-state index contributed by atoms with van der Waals surface area (Å²) < 4.78 is 22.0. The van der Waals surface area contributed by atoms with Crippen LogP contribution in [0.2, 0.25) is 0 Å². The van der Waals surface area contributed by atoms with Crippen LogP contribution in [-0.2, 0) is 14.2 Å². The van der Waals surface area contributed by atoms with Crippen molar-refractivity contribution in [3.8, 4) is 5.75 Å². The Labute approximate surface area is 168 Å². The van der Waals surface area contributed by atoms with Crippen molar-refractivity contribution in [2.24, 2.45) is 4.99 Å². The highest BCUT2D eigenvalue weighted by atomic mass is 16.5. The fourth-order valence-corrected chi connectivity index (χ4v) is 2.85. The second kappa shape index (κ2) is 14.2. The molecular weight excluding hydrogens is 358 g/mol. The largest absolute Gasteiger partial charge is 0.493 e. The average Bonchev–Trinajstić information content (AvgIpc) is 2.72. The SMILES string of the molecule is CCNC(=NCCCOC1CCOCC1)Nc1cccc(OCCCOC)c1. The molecule has 1 heterocycles. The van der Waals surface area contributed by atoms with Gasteiger partial charge in [-0.3, -0.25) is 4.99 Å². The summed E-state index contributed by atoms with van der Waals surface area (Å²) in [6.45, 7) is 7.27. The Morgan fingerprint density at radius 3 is 2.82 bits per heavy atom. The molecule has 1 aliphatic rings. The first kappa shape index (κ1) is 22.5. The molecule has 0 spiro atoms. The summed E-state index contributed by atoms with van der Waals surface area (Å²) in [4.78, 5) is 4.64. The summed E-state index contributed by atoms with van der Waals surface area (Å²) in [5.41, 5.74) is 0.947. The van der Waals surface area contributed by atoms with Gasteiger partial charge in [0.15, 0.2) is 5.96 Å². The third-order valence-corrected chi connectivity index (χ3v) is 4.30. The lowest BCUT2D eigenvalue weighted by atomic mass is 10.1. The van der Waals surface area contributed by atoms with Crippen LogP contribution in [0.3, 0.4) is 0 Å². The average molecular weight is 394 g/mol. The van der Waals surface area contributed by atoms with E-state index in [0.29, 0.717) is 25.9 Å². The van der Waals surface area contributed by atoms with Crippen LogP contribution < -0.4 is 15.4 Å². The lowest BCUT2D eigenvalue weighted by Gasteiger charge is -2.22. The number of guanidine groups is 1. The standard InChI is InChI=1S/C21H35N3O4/c1-3-22-21(23-11-5-13-27-19-9-15-26-16-10-19)24-18-7-4-8-20(17-18)28-14-6-12-25-2/h4,7-8,17,19H,3,5-6,9-16H2,1-2H3,(H2,22,23,24). The lowest BCUT2D eigenvalue weighted by Crippen LogP contribution is -2.31. The van der Waals surface area contributed by atoms with Gasteiger partial charge in [0.1, 0.15) is 5.75 Å². The minimum absolute atomic E-state index is 0.343. The van der Waals surface area contributed by atoms with Crippen molar-refractivity contribution in [3.05, 3.63) is 24.3 Å². The molecule has 1 fully saturated rings. The van der Waals surface area contributed by atoms with Crippen molar-refractivity contribution in [2.75, 3.05) is 58.6 Å². The van der Waals surface area contributed by atoms with E-state index in [2.05, 4.69) is 22.5 Å². The molecule has 1 saturated heterocycles. The van der Waals surface area contributed by atoms with E-state index >= 15 is 0 Å². The van der Waals surface area contributed by atoms with Crippen LogP contribution >= 0.6 is 0 Å². The Morgan fingerprint density at radius 2 is 2.04 bits per heavy atom. The predicted molar refractivity (Wildman–Crippen MR) is 112 cm³/mol. The van der Waals surface area contributed by atoms with Crippen molar-refractivity contribution in [1.29, 1.82) is 0 Å². The first-order chi connectivity index (χ1) is 13.8. The van der Waals surface area contributed by atoms with E-state index in [1.54, 1.807) is 7.11 Å². The molecule has 0 bridgehead atoms. The van der Waals surface area contributed by atoms with Crippen LogP contribution in [0.15, 0.2) is 29.3 Å². The third-order valence-electron chi connectivity index (χ3n) is 4.30. The number of nitrogens with one attached hydrogen (secondary N) is 2. The van der Waals surface area contributed by atoms with Gasteiger partial charge in [-0.1, -0.05) is 6.07 Å². The fourth-order valence-electron chi connectivity index (χ4n) is 2.85. The molecule has 2 N–H and O–H groups in total. The second-order valence-corrected chi connectivity index (χ2v) is 6.64. The topological polar surface area (TPSA) is 73.3 Å². The maximum absolute atomic E-state index is 5.90. The molecule has 0 saturated carbocycles. The number of aliphatic imine (C=N–C) groups is 1. The minimum Gasteiger partial charge on any atom is -0.493 e. The molecule has 28 heavy (non-hydrogen) atoms. The van der Waals surface area contributed by atoms with Crippen molar-refractivity contribution >= 4 is 11.6 Å². The first-order valence-electron chi connectivity index (χ1n) is 10.3. The highest BCUT2D eigenvalue weighted by Crippen LogP contribution is 2.17. The number of hydrogen-bond acceptors (Lipinski definition) is 5. The molecule has 0 aromatic heterocycles. The van der Waals surface area contributed by atoms with E-state index in [4.69, 9.17) is 18.9 Å². The Balaban J connectivity index is 1.74. The Kier molecular flexibility index (Phi) is 11.4. The number of rotatable bonds is 12. The fraction of sp³-hybridized carbons (Fsp3) is 0.667. The molecule has 7 heteroatoms. The zero-order chi connectivity index (χ0) is 19.9. The van der Waals surface area contributed by atoms with Gasteiger partial charge in [-0.2, -0.15) is 0 Å². The van der Waals surface area contributed by atoms with E-state index < -0.39 is 0 Å². The Hall–Kier alpha value is -1.83. The molecular formula is C21H35N3O4. The maximum Gasteiger partial charge on any atom is 0.195 e. The van der Waals surface area contributed by atoms with Crippen LogP contribution in [0, 0.1) is 0 Å². The van der Waals surface area contributed by atoms with Crippen molar-refractivity contribution in [3.63, 3.8) is 0 Å². The van der Waals surface area contributed by atoms with Gasteiger partial charge >= 0.3 is 0 Å². The van der Waals surface area contributed by atoms with E-state index in [1.807, 2.05) is 24.3 Å². The summed E-state index contributed by atoms with van der Waals surface area (Å²) in [6.07, 6.45) is 4.11. The van der Waals surface area contributed by atoms with Gasteiger partial charge in [-0.25, -0.2) is 0 Å². The van der Waals surface area contributed by atoms with Gasteiger partial charge in [0.2, 0.25) is 0 Å². The quantitative estimate of drug-likeness (QED) is 0.323. The van der Waals surface area contributed by atoms with Gasteiger partial charge < -0.3 is 29.6 Å². The van der Waals surface area contributed by atoms with E-state index in [-0.39, 0.29) is 0 Å². The van der Waals surface area contributed by atoms with Gasteiger partial charge in [0.25, 0.3) is 0 Å². The molecule has 1 aliphatic heterocycles. The zero-order valence-corrected chi connectivity index (χ0v) is 17.2. The normalized spacial score (nSPS) is 15.4. The van der Waals surface area contributed by atoms with E-state index in [0.717, 1.165) is 69.4 Å². The summed E-state index contributed by atoms with van der Waals surface area (Å²) in [5.74, 6) is 1.60. The summed E-state index contributed by atoms with van der Waals surface area (Å²) in [6, 6.07) is 7.91. The van der Waals surface area contributed by atoms with Crippen LogP contribution in [0.5, 0.6) is 5.75 Å². The predicted octanol–water partition coefficient (Wildman–Crippen LogP) is 3.07. The van der Waals surface area contributed by atoms with Crippen molar-refractivity contribution < 1.29 is 18.9 Å². The number of ether oxygens (including phenoxy) is 4. The van der Waals surface area contributed by atoms with Gasteiger partial charge in [0.05, 0.1) is 12.7 Å². The lowest BCUT2D eigenvalue weighted by molar-refractivity contribution is -0.0318. The molecule has 2 rings (SSSR count). The maximum atomic E-state index is 5.90. The molecule has 7 nitrogen and oxygen atoms in total. The van der Waals surface area contributed by atoms with Crippen LogP contribution in [0.4, 0.5) is 5.69 Å². The van der Waals surface area contributed by atoms with E-state index in [1.165, 1.54) is 0 Å². The third kappa shape index (κ3) is 9.39.